The Balaban J connectivity index is 2.30. The van der Waals surface area contributed by atoms with Crippen molar-refractivity contribution in [2.24, 2.45) is 5.73 Å². The molecule has 1 unspecified atom stereocenters. The quantitative estimate of drug-likeness (QED) is 0.690. The largest absolute Gasteiger partial charge is 0.372 e. The first kappa shape index (κ1) is 11.0. The maximum Gasteiger partial charge on any atom is 0.0698 e. The van der Waals surface area contributed by atoms with Crippen LogP contribution in [0.1, 0.15) is 52.4 Å². The molecule has 0 saturated heterocycles. The molecule has 0 heterocycles. The van der Waals surface area contributed by atoms with Crippen molar-refractivity contribution < 1.29 is 4.74 Å². The topological polar surface area (TPSA) is 35.2 Å². The fraction of sp³-hybridized carbons (Fsp3) is 1.00. The summed E-state index contributed by atoms with van der Waals surface area (Å²) in [6.45, 7) is 5.15. The number of hydrogen-bond acceptors (Lipinski definition) is 2. The predicted molar refractivity (Wildman–Crippen MR) is 55.7 cm³/mol. The van der Waals surface area contributed by atoms with Crippen molar-refractivity contribution in [1.29, 1.82) is 0 Å². The van der Waals surface area contributed by atoms with E-state index in [2.05, 4.69) is 13.8 Å². The van der Waals surface area contributed by atoms with Gasteiger partial charge in [0.15, 0.2) is 0 Å². The average Bonchev–Trinajstić information content (AvgIpc) is 2.01. The molecule has 2 nitrogen and oxygen atoms in total. The maximum atomic E-state index is 6.07. The lowest BCUT2D eigenvalue weighted by atomic mass is 9.77. The van der Waals surface area contributed by atoms with Gasteiger partial charge in [0.2, 0.25) is 0 Å². The summed E-state index contributed by atoms with van der Waals surface area (Å²) in [5, 5.41) is 0. The standard InChI is InChI=1S/C11H23NO/c1-3-5-10(2)13-11(8-9-12)6-4-7-11/h10H,3-9,12H2,1-2H3. The minimum Gasteiger partial charge on any atom is -0.372 e. The second-order valence-electron chi connectivity index (χ2n) is 4.29. The Morgan fingerprint density at radius 1 is 1.46 bits per heavy atom. The van der Waals surface area contributed by atoms with Crippen molar-refractivity contribution in [3.8, 4) is 0 Å². The molecule has 1 rings (SSSR count). The highest BCUT2D eigenvalue weighted by Gasteiger charge is 2.38. The summed E-state index contributed by atoms with van der Waals surface area (Å²) in [5.74, 6) is 0. The van der Waals surface area contributed by atoms with Crippen LogP contribution in [0.4, 0.5) is 0 Å². The summed E-state index contributed by atoms with van der Waals surface area (Å²) in [6.07, 6.45) is 7.60. The van der Waals surface area contributed by atoms with E-state index in [1.54, 1.807) is 0 Å². The molecule has 13 heavy (non-hydrogen) atoms. The Morgan fingerprint density at radius 2 is 2.15 bits per heavy atom. The van der Waals surface area contributed by atoms with Crippen LogP contribution in [0.15, 0.2) is 0 Å². The molecule has 78 valence electrons. The van der Waals surface area contributed by atoms with E-state index in [-0.39, 0.29) is 5.60 Å². The molecule has 1 aliphatic rings. The lowest BCUT2D eigenvalue weighted by molar-refractivity contribution is -0.138. The van der Waals surface area contributed by atoms with Crippen LogP contribution in [0.25, 0.3) is 0 Å². The van der Waals surface area contributed by atoms with E-state index in [0.29, 0.717) is 6.10 Å². The SMILES string of the molecule is CCCC(C)OC1(CCN)CCC1. The fourth-order valence-corrected chi connectivity index (χ4v) is 2.15. The molecule has 2 N–H and O–H groups in total. The Labute approximate surface area is 81.8 Å². The molecular formula is C11H23NO. The van der Waals surface area contributed by atoms with E-state index in [1.807, 2.05) is 0 Å². The van der Waals surface area contributed by atoms with Crippen molar-refractivity contribution >= 4 is 0 Å². The summed E-state index contributed by atoms with van der Waals surface area (Å²) in [5.41, 5.74) is 5.76. The molecule has 1 saturated carbocycles. The summed E-state index contributed by atoms with van der Waals surface area (Å²) >= 11 is 0. The molecular weight excluding hydrogens is 162 g/mol. The minimum atomic E-state index is 0.170. The molecule has 0 amide bonds. The van der Waals surface area contributed by atoms with Gasteiger partial charge in [0.25, 0.3) is 0 Å². The lowest BCUT2D eigenvalue weighted by Crippen LogP contribution is -2.44. The van der Waals surface area contributed by atoms with Crippen LogP contribution in [-0.2, 0) is 4.74 Å². The molecule has 0 radical (unpaired) electrons. The second kappa shape index (κ2) is 4.97. The summed E-state index contributed by atoms with van der Waals surface area (Å²) in [4.78, 5) is 0. The second-order valence-corrected chi connectivity index (χ2v) is 4.29. The summed E-state index contributed by atoms with van der Waals surface area (Å²) in [6, 6.07) is 0. The van der Waals surface area contributed by atoms with Crippen molar-refractivity contribution in [3.63, 3.8) is 0 Å². The van der Waals surface area contributed by atoms with Gasteiger partial charge in [-0.15, -0.1) is 0 Å². The third-order valence-corrected chi connectivity index (χ3v) is 3.01. The van der Waals surface area contributed by atoms with Gasteiger partial charge in [-0.05, 0) is 45.6 Å². The van der Waals surface area contributed by atoms with Crippen LogP contribution in [0.3, 0.4) is 0 Å². The van der Waals surface area contributed by atoms with Gasteiger partial charge in [-0.3, -0.25) is 0 Å². The molecule has 2 heteroatoms. The Kier molecular flexibility index (Phi) is 4.20. The van der Waals surface area contributed by atoms with Gasteiger partial charge in [-0.2, -0.15) is 0 Å². The van der Waals surface area contributed by atoms with E-state index < -0.39 is 0 Å². The molecule has 0 aliphatic heterocycles. The van der Waals surface area contributed by atoms with Gasteiger partial charge < -0.3 is 10.5 Å². The third-order valence-electron chi connectivity index (χ3n) is 3.01. The van der Waals surface area contributed by atoms with Crippen LogP contribution in [0.5, 0.6) is 0 Å². The van der Waals surface area contributed by atoms with Crippen LogP contribution in [0, 0.1) is 0 Å². The smallest absolute Gasteiger partial charge is 0.0698 e. The Bertz CT molecular complexity index is 143. The monoisotopic (exact) mass is 185 g/mol. The van der Waals surface area contributed by atoms with Gasteiger partial charge in [0, 0.05) is 0 Å². The average molecular weight is 185 g/mol. The maximum absolute atomic E-state index is 6.07. The highest BCUT2D eigenvalue weighted by Crippen LogP contribution is 2.39. The van der Waals surface area contributed by atoms with Crippen molar-refractivity contribution in [2.45, 2.75) is 64.1 Å². The van der Waals surface area contributed by atoms with E-state index in [9.17, 15) is 0 Å². The van der Waals surface area contributed by atoms with E-state index in [1.165, 1.54) is 32.1 Å². The molecule has 1 fully saturated rings. The number of nitrogens with two attached hydrogens (primary N) is 1. The predicted octanol–water partition coefficient (Wildman–Crippen LogP) is 2.46. The van der Waals surface area contributed by atoms with Gasteiger partial charge >= 0.3 is 0 Å². The number of rotatable bonds is 6. The Hall–Kier alpha value is -0.0800. The van der Waals surface area contributed by atoms with Gasteiger partial charge in [-0.1, -0.05) is 13.3 Å². The first-order valence-corrected chi connectivity index (χ1v) is 5.60. The molecule has 0 bridgehead atoms. The van der Waals surface area contributed by atoms with Crippen molar-refractivity contribution in [1.82, 2.24) is 0 Å². The first-order valence-electron chi connectivity index (χ1n) is 5.60. The van der Waals surface area contributed by atoms with Crippen LogP contribution in [-0.4, -0.2) is 18.2 Å². The highest BCUT2D eigenvalue weighted by atomic mass is 16.5. The van der Waals surface area contributed by atoms with E-state index in [4.69, 9.17) is 10.5 Å². The van der Waals surface area contributed by atoms with Crippen LogP contribution in [0.2, 0.25) is 0 Å². The number of ether oxygens (including phenoxy) is 1. The fourth-order valence-electron chi connectivity index (χ4n) is 2.15. The molecule has 1 aliphatic carbocycles. The molecule has 0 aromatic heterocycles. The highest BCUT2D eigenvalue weighted by molar-refractivity contribution is 4.90. The van der Waals surface area contributed by atoms with E-state index >= 15 is 0 Å². The summed E-state index contributed by atoms with van der Waals surface area (Å²) < 4.78 is 6.07. The van der Waals surface area contributed by atoms with Crippen molar-refractivity contribution in [2.75, 3.05) is 6.54 Å². The Morgan fingerprint density at radius 3 is 2.54 bits per heavy atom. The van der Waals surface area contributed by atoms with Crippen LogP contribution >= 0.6 is 0 Å². The first-order chi connectivity index (χ1) is 6.22. The molecule has 0 spiro atoms. The zero-order valence-electron chi connectivity index (χ0n) is 9.01. The van der Waals surface area contributed by atoms with Gasteiger partial charge in [-0.25, -0.2) is 0 Å². The third kappa shape index (κ3) is 2.96. The van der Waals surface area contributed by atoms with Gasteiger partial charge in [0.05, 0.1) is 11.7 Å². The lowest BCUT2D eigenvalue weighted by Gasteiger charge is -2.43. The summed E-state index contributed by atoms with van der Waals surface area (Å²) in [7, 11) is 0. The minimum absolute atomic E-state index is 0.170. The molecule has 1 atom stereocenters. The normalized spacial score (nSPS) is 22.4. The van der Waals surface area contributed by atoms with Crippen molar-refractivity contribution in [3.05, 3.63) is 0 Å². The van der Waals surface area contributed by atoms with E-state index in [0.717, 1.165) is 13.0 Å². The van der Waals surface area contributed by atoms with Gasteiger partial charge in [0.1, 0.15) is 0 Å². The number of hydrogen-bond donors (Lipinski definition) is 1. The zero-order chi connectivity index (χ0) is 9.73. The molecule has 0 aromatic rings. The molecule has 0 aromatic carbocycles. The zero-order valence-corrected chi connectivity index (χ0v) is 9.01. The van der Waals surface area contributed by atoms with Crippen LogP contribution < -0.4 is 5.73 Å².